The maximum atomic E-state index is 12.3. The van der Waals surface area contributed by atoms with Gasteiger partial charge < -0.3 is 11.1 Å². The standard InChI is InChI=1S/C17H25N3O/c1-2-3-15-8-13(9-16(18)20-15)17(21)19-10-14-7-11-4-5-12(14)6-11/h8-9,11-12,14H,2-7,10H2,1H3,(H2,18,20)(H,19,21). The maximum absolute atomic E-state index is 12.3. The summed E-state index contributed by atoms with van der Waals surface area (Å²) in [5.74, 6) is 2.87. The Hall–Kier alpha value is -1.58. The zero-order chi connectivity index (χ0) is 14.8. The number of hydrogen-bond acceptors (Lipinski definition) is 3. The van der Waals surface area contributed by atoms with Crippen molar-refractivity contribution < 1.29 is 4.79 Å². The number of aryl methyl sites for hydroxylation is 1. The van der Waals surface area contributed by atoms with E-state index in [1.807, 2.05) is 6.07 Å². The summed E-state index contributed by atoms with van der Waals surface area (Å²) in [6.07, 6.45) is 7.29. The van der Waals surface area contributed by atoms with Crippen LogP contribution in [-0.2, 0) is 6.42 Å². The number of aromatic nitrogens is 1. The van der Waals surface area contributed by atoms with Crippen molar-refractivity contribution in [2.24, 2.45) is 17.8 Å². The van der Waals surface area contributed by atoms with Gasteiger partial charge in [0, 0.05) is 17.8 Å². The molecule has 21 heavy (non-hydrogen) atoms. The van der Waals surface area contributed by atoms with E-state index in [1.165, 1.54) is 25.7 Å². The number of nitrogens with zero attached hydrogens (tertiary/aromatic N) is 1. The number of fused-ring (bicyclic) bond motifs is 2. The van der Waals surface area contributed by atoms with Crippen molar-refractivity contribution in [1.82, 2.24) is 10.3 Å². The van der Waals surface area contributed by atoms with E-state index >= 15 is 0 Å². The number of rotatable bonds is 5. The van der Waals surface area contributed by atoms with Gasteiger partial charge in [-0.2, -0.15) is 0 Å². The first-order chi connectivity index (χ1) is 10.2. The molecule has 2 aliphatic carbocycles. The van der Waals surface area contributed by atoms with Crippen LogP contribution >= 0.6 is 0 Å². The molecular formula is C17H25N3O. The third kappa shape index (κ3) is 3.20. The molecule has 4 heteroatoms. The summed E-state index contributed by atoms with van der Waals surface area (Å²) in [7, 11) is 0. The van der Waals surface area contributed by atoms with Crippen LogP contribution in [0.5, 0.6) is 0 Å². The summed E-state index contributed by atoms with van der Waals surface area (Å²) >= 11 is 0. The van der Waals surface area contributed by atoms with Crippen molar-refractivity contribution in [3.8, 4) is 0 Å². The Bertz CT molecular complexity index is 529. The van der Waals surface area contributed by atoms with E-state index in [4.69, 9.17) is 5.73 Å². The van der Waals surface area contributed by atoms with E-state index in [9.17, 15) is 4.79 Å². The third-order valence-electron chi connectivity index (χ3n) is 5.08. The minimum Gasteiger partial charge on any atom is -0.384 e. The number of anilines is 1. The molecule has 3 atom stereocenters. The summed E-state index contributed by atoms with van der Waals surface area (Å²) in [5, 5.41) is 3.10. The smallest absolute Gasteiger partial charge is 0.251 e. The second-order valence-electron chi connectivity index (χ2n) is 6.67. The largest absolute Gasteiger partial charge is 0.384 e. The van der Waals surface area contributed by atoms with Crippen LogP contribution in [0, 0.1) is 17.8 Å². The van der Waals surface area contributed by atoms with Crippen LogP contribution in [0.3, 0.4) is 0 Å². The molecule has 2 fully saturated rings. The van der Waals surface area contributed by atoms with Crippen molar-refractivity contribution in [3.63, 3.8) is 0 Å². The molecule has 2 saturated carbocycles. The highest BCUT2D eigenvalue weighted by Gasteiger charge is 2.39. The summed E-state index contributed by atoms with van der Waals surface area (Å²) < 4.78 is 0. The second kappa shape index (κ2) is 6.04. The second-order valence-corrected chi connectivity index (χ2v) is 6.67. The van der Waals surface area contributed by atoms with Crippen LogP contribution in [0.1, 0.15) is 55.1 Å². The Morgan fingerprint density at radius 2 is 2.24 bits per heavy atom. The summed E-state index contributed by atoms with van der Waals surface area (Å²) in [6, 6.07) is 3.55. The Morgan fingerprint density at radius 1 is 1.38 bits per heavy atom. The van der Waals surface area contributed by atoms with Gasteiger partial charge in [0.05, 0.1) is 0 Å². The number of nitrogens with two attached hydrogens (primary N) is 1. The quantitative estimate of drug-likeness (QED) is 0.875. The first-order valence-corrected chi connectivity index (χ1v) is 8.20. The fourth-order valence-electron chi connectivity index (χ4n) is 4.08. The fraction of sp³-hybridized carbons (Fsp3) is 0.647. The molecule has 1 aromatic rings. The third-order valence-corrected chi connectivity index (χ3v) is 5.08. The topological polar surface area (TPSA) is 68.0 Å². The number of hydrogen-bond donors (Lipinski definition) is 2. The van der Waals surface area contributed by atoms with E-state index in [0.717, 1.165) is 36.9 Å². The summed E-state index contributed by atoms with van der Waals surface area (Å²) in [6.45, 7) is 2.91. The van der Waals surface area contributed by atoms with Gasteiger partial charge in [-0.15, -0.1) is 0 Å². The van der Waals surface area contributed by atoms with Crippen LogP contribution < -0.4 is 11.1 Å². The van der Waals surface area contributed by atoms with Gasteiger partial charge in [-0.3, -0.25) is 4.79 Å². The number of amides is 1. The lowest BCUT2D eigenvalue weighted by molar-refractivity contribution is 0.0941. The highest BCUT2D eigenvalue weighted by atomic mass is 16.1. The minimum atomic E-state index is -0.00998. The van der Waals surface area contributed by atoms with Crippen molar-refractivity contribution >= 4 is 11.7 Å². The average Bonchev–Trinajstić information content (AvgIpc) is 3.07. The molecule has 0 aromatic carbocycles. The van der Waals surface area contributed by atoms with Crippen molar-refractivity contribution in [2.75, 3.05) is 12.3 Å². The SMILES string of the molecule is CCCc1cc(C(=O)NCC2CC3CCC2C3)cc(N)n1. The molecule has 0 radical (unpaired) electrons. The molecular weight excluding hydrogens is 262 g/mol. The zero-order valence-corrected chi connectivity index (χ0v) is 12.8. The molecule has 3 rings (SSSR count). The first-order valence-electron chi connectivity index (χ1n) is 8.20. The van der Waals surface area contributed by atoms with E-state index in [0.29, 0.717) is 17.3 Å². The Balaban J connectivity index is 1.60. The van der Waals surface area contributed by atoms with Crippen molar-refractivity contribution in [2.45, 2.75) is 45.4 Å². The van der Waals surface area contributed by atoms with Crippen LogP contribution in [0.25, 0.3) is 0 Å². The van der Waals surface area contributed by atoms with Gasteiger partial charge in [-0.05, 0) is 55.6 Å². The highest BCUT2D eigenvalue weighted by Crippen LogP contribution is 2.47. The monoisotopic (exact) mass is 287 g/mol. The molecule has 0 saturated heterocycles. The van der Waals surface area contributed by atoms with Crippen LogP contribution in [-0.4, -0.2) is 17.4 Å². The molecule has 0 spiro atoms. The lowest BCUT2D eigenvalue weighted by atomic mass is 9.89. The van der Waals surface area contributed by atoms with Crippen LogP contribution in [0.4, 0.5) is 5.82 Å². The Kier molecular flexibility index (Phi) is 4.13. The molecule has 4 nitrogen and oxygen atoms in total. The molecule has 3 unspecified atom stereocenters. The fourth-order valence-corrected chi connectivity index (χ4v) is 4.08. The number of carbonyl (C=O) groups is 1. The van der Waals surface area contributed by atoms with Crippen LogP contribution in [0.15, 0.2) is 12.1 Å². The minimum absolute atomic E-state index is 0.00998. The first kappa shape index (κ1) is 14.4. The molecule has 1 amide bonds. The normalized spacial score (nSPS) is 27.0. The molecule has 114 valence electrons. The van der Waals surface area contributed by atoms with Gasteiger partial charge in [-0.25, -0.2) is 4.98 Å². The number of pyridine rings is 1. The van der Waals surface area contributed by atoms with Gasteiger partial charge in [0.1, 0.15) is 5.82 Å². The van der Waals surface area contributed by atoms with E-state index in [-0.39, 0.29) is 5.91 Å². The molecule has 3 N–H and O–H groups in total. The number of nitrogens with one attached hydrogen (secondary N) is 1. The van der Waals surface area contributed by atoms with Gasteiger partial charge in [0.15, 0.2) is 0 Å². The molecule has 1 aromatic heterocycles. The Labute approximate surface area is 126 Å². The zero-order valence-electron chi connectivity index (χ0n) is 12.8. The lowest BCUT2D eigenvalue weighted by Crippen LogP contribution is -2.31. The highest BCUT2D eigenvalue weighted by molar-refractivity contribution is 5.94. The number of carbonyl (C=O) groups excluding carboxylic acids is 1. The number of nitrogen functional groups attached to an aromatic ring is 1. The van der Waals surface area contributed by atoms with Crippen molar-refractivity contribution in [1.29, 1.82) is 0 Å². The van der Waals surface area contributed by atoms with E-state index in [2.05, 4.69) is 17.2 Å². The van der Waals surface area contributed by atoms with Gasteiger partial charge in [0.25, 0.3) is 5.91 Å². The summed E-state index contributed by atoms with van der Waals surface area (Å²) in [4.78, 5) is 16.6. The maximum Gasteiger partial charge on any atom is 0.251 e. The molecule has 1 heterocycles. The average molecular weight is 287 g/mol. The Morgan fingerprint density at radius 3 is 2.90 bits per heavy atom. The van der Waals surface area contributed by atoms with E-state index in [1.54, 1.807) is 6.07 Å². The molecule has 2 bridgehead atoms. The van der Waals surface area contributed by atoms with Gasteiger partial charge >= 0.3 is 0 Å². The lowest BCUT2D eigenvalue weighted by Gasteiger charge is -2.21. The predicted octanol–water partition coefficient (Wildman–Crippen LogP) is 2.78. The van der Waals surface area contributed by atoms with E-state index < -0.39 is 0 Å². The molecule has 2 aliphatic rings. The predicted molar refractivity (Wildman–Crippen MR) is 83.9 cm³/mol. The van der Waals surface area contributed by atoms with Gasteiger partial charge in [-0.1, -0.05) is 19.8 Å². The van der Waals surface area contributed by atoms with Gasteiger partial charge in [0.2, 0.25) is 0 Å². The summed E-state index contributed by atoms with van der Waals surface area (Å²) in [5.41, 5.74) is 7.36. The van der Waals surface area contributed by atoms with Crippen molar-refractivity contribution in [3.05, 3.63) is 23.4 Å². The van der Waals surface area contributed by atoms with Crippen LogP contribution in [0.2, 0.25) is 0 Å². The molecule has 0 aliphatic heterocycles.